The van der Waals surface area contributed by atoms with Gasteiger partial charge in [0.1, 0.15) is 0 Å². The monoisotopic (exact) mass is 566 g/mol. The molecule has 1 fully saturated rings. The van der Waals surface area contributed by atoms with E-state index in [4.69, 9.17) is 16.3 Å². The fourth-order valence-electron chi connectivity index (χ4n) is 4.71. The number of benzene rings is 1. The third-order valence-corrected chi connectivity index (χ3v) is 7.18. The van der Waals surface area contributed by atoms with Crippen molar-refractivity contribution in [3.63, 3.8) is 0 Å². The number of piperidine rings is 1. The highest BCUT2D eigenvalue weighted by Gasteiger charge is 2.33. The minimum absolute atomic E-state index is 0.0670. The van der Waals surface area contributed by atoms with Crippen LogP contribution in [0.15, 0.2) is 35.3 Å². The SMILES string of the molecule is CNC(=O)COc1cc2cc(Cc3nc(N4CCC(N(C)CC(F)(F)F)CC4)ncc3Cl)ccc2n(C)c1=O. The lowest BCUT2D eigenvalue weighted by molar-refractivity contribution is -0.148. The molecule has 0 spiro atoms. The molecule has 3 aromatic rings. The van der Waals surface area contributed by atoms with Crippen molar-refractivity contribution in [2.24, 2.45) is 7.05 Å². The van der Waals surface area contributed by atoms with Gasteiger partial charge in [0.2, 0.25) is 5.95 Å². The van der Waals surface area contributed by atoms with Gasteiger partial charge in [-0.15, -0.1) is 0 Å². The molecule has 0 radical (unpaired) electrons. The van der Waals surface area contributed by atoms with Crippen molar-refractivity contribution in [3.8, 4) is 5.75 Å². The summed E-state index contributed by atoms with van der Waals surface area (Å²) in [5, 5.41) is 3.59. The highest BCUT2D eigenvalue weighted by molar-refractivity contribution is 6.31. The molecule has 2 aromatic heterocycles. The molecule has 4 rings (SSSR count). The lowest BCUT2D eigenvalue weighted by Crippen LogP contribution is -2.46. The highest BCUT2D eigenvalue weighted by atomic mass is 35.5. The van der Waals surface area contributed by atoms with E-state index >= 15 is 0 Å². The molecule has 0 unspecified atom stereocenters. The zero-order chi connectivity index (χ0) is 28.3. The summed E-state index contributed by atoms with van der Waals surface area (Å²) in [5.41, 5.74) is 1.84. The Morgan fingerprint density at radius 3 is 2.64 bits per heavy atom. The Labute approximate surface area is 228 Å². The van der Waals surface area contributed by atoms with Gasteiger partial charge in [-0.3, -0.25) is 14.5 Å². The van der Waals surface area contributed by atoms with Gasteiger partial charge in [0.25, 0.3) is 11.5 Å². The van der Waals surface area contributed by atoms with Gasteiger partial charge < -0.3 is 19.5 Å². The van der Waals surface area contributed by atoms with Crippen LogP contribution in [-0.2, 0) is 18.3 Å². The zero-order valence-corrected chi connectivity index (χ0v) is 22.6. The quantitative estimate of drug-likeness (QED) is 0.448. The molecule has 1 aliphatic heterocycles. The van der Waals surface area contributed by atoms with Gasteiger partial charge in [-0.25, -0.2) is 9.97 Å². The van der Waals surface area contributed by atoms with Crippen molar-refractivity contribution in [2.75, 3.05) is 45.2 Å². The van der Waals surface area contributed by atoms with E-state index in [1.165, 1.54) is 29.8 Å². The number of fused-ring (bicyclic) bond motifs is 1. The average Bonchev–Trinajstić information content (AvgIpc) is 2.90. The number of amides is 1. The average molecular weight is 567 g/mol. The summed E-state index contributed by atoms with van der Waals surface area (Å²) in [6.07, 6.45) is -1.15. The Morgan fingerprint density at radius 1 is 1.26 bits per heavy atom. The van der Waals surface area contributed by atoms with Crippen molar-refractivity contribution in [3.05, 3.63) is 57.1 Å². The first-order chi connectivity index (χ1) is 18.4. The molecule has 0 atom stereocenters. The molecular weight excluding hydrogens is 537 g/mol. The molecule has 1 aromatic carbocycles. The number of alkyl halides is 3. The third-order valence-electron chi connectivity index (χ3n) is 6.87. The predicted molar refractivity (Wildman–Crippen MR) is 143 cm³/mol. The number of ether oxygens (including phenoxy) is 1. The summed E-state index contributed by atoms with van der Waals surface area (Å²) in [4.78, 5) is 36.5. The number of likely N-dealkylation sites (N-methyl/N-ethyl adjacent to an activating group) is 1. The van der Waals surface area contributed by atoms with E-state index in [1.54, 1.807) is 13.1 Å². The van der Waals surface area contributed by atoms with Crippen LogP contribution in [0, 0.1) is 0 Å². The number of carbonyl (C=O) groups excluding carboxylic acids is 1. The molecule has 1 amide bonds. The van der Waals surface area contributed by atoms with Crippen LogP contribution < -0.4 is 20.5 Å². The number of aryl methyl sites for hydroxylation is 1. The Bertz CT molecular complexity index is 1410. The van der Waals surface area contributed by atoms with Crippen molar-refractivity contribution < 1.29 is 22.7 Å². The van der Waals surface area contributed by atoms with Crippen LogP contribution in [-0.4, -0.2) is 77.9 Å². The number of rotatable bonds is 8. The Morgan fingerprint density at radius 2 is 1.97 bits per heavy atom. The zero-order valence-electron chi connectivity index (χ0n) is 21.9. The molecule has 39 heavy (non-hydrogen) atoms. The van der Waals surface area contributed by atoms with E-state index in [0.29, 0.717) is 54.5 Å². The second-order valence-electron chi connectivity index (χ2n) is 9.62. The van der Waals surface area contributed by atoms with Gasteiger partial charge in [-0.05, 0) is 43.7 Å². The molecule has 0 saturated carbocycles. The molecule has 13 heteroatoms. The van der Waals surface area contributed by atoms with Gasteiger partial charge in [-0.1, -0.05) is 17.7 Å². The van der Waals surface area contributed by atoms with E-state index in [0.717, 1.165) is 10.9 Å². The van der Waals surface area contributed by atoms with E-state index in [2.05, 4.69) is 15.3 Å². The van der Waals surface area contributed by atoms with Gasteiger partial charge in [-0.2, -0.15) is 13.2 Å². The fourth-order valence-corrected chi connectivity index (χ4v) is 4.87. The van der Waals surface area contributed by atoms with Crippen LogP contribution in [0.4, 0.5) is 19.1 Å². The van der Waals surface area contributed by atoms with Crippen LogP contribution in [0.5, 0.6) is 5.75 Å². The lowest BCUT2D eigenvalue weighted by Gasteiger charge is -2.37. The van der Waals surface area contributed by atoms with Crippen molar-refractivity contribution in [1.82, 2.24) is 24.8 Å². The maximum Gasteiger partial charge on any atom is 0.401 e. The number of anilines is 1. The van der Waals surface area contributed by atoms with Gasteiger partial charge in [0, 0.05) is 45.0 Å². The van der Waals surface area contributed by atoms with Crippen LogP contribution in [0.2, 0.25) is 5.02 Å². The minimum atomic E-state index is -4.22. The summed E-state index contributed by atoms with van der Waals surface area (Å²) in [5.74, 6) is 0.203. The van der Waals surface area contributed by atoms with Crippen molar-refractivity contribution in [1.29, 1.82) is 0 Å². The van der Waals surface area contributed by atoms with E-state index in [-0.39, 0.29) is 29.9 Å². The molecule has 0 aliphatic carbocycles. The normalized spacial score (nSPS) is 14.7. The molecule has 0 bridgehead atoms. The molecule has 1 N–H and O–H groups in total. The van der Waals surface area contributed by atoms with Gasteiger partial charge in [0.15, 0.2) is 12.4 Å². The standard InChI is InChI=1S/C26H30ClF3N6O3/c1-31-23(37)14-39-22-12-17-10-16(4-5-21(17)35(3)24(22)38)11-20-19(27)13-32-25(33-20)36-8-6-18(7-9-36)34(2)15-26(28,29)30/h4-5,10,12-13,18H,6-9,11,14-15H2,1-3H3,(H,31,37). The van der Waals surface area contributed by atoms with Crippen LogP contribution in [0.1, 0.15) is 24.1 Å². The van der Waals surface area contributed by atoms with Crippen molar-refractivity contribution >= 4 is 34.4 Å². The first kappa shape index (κ1) is 28.6. The van der Waals surface area contributed by atoms with E-state index < -0.39 is 12.7 Å². The number of halogens is 4. The molecule has 3 heterocycles. The minimum Gasteiger partial charge on any atom is -0.478 e. The summed E-state index contributed by atoms with van der Waals surface area (Å²) in [6.45, 7) is -0.124. The number of carbonyl (C=O) groups is 1. The van der Waals surface area contributed by atoms with Crippen molar-refractivity contribution in [2.45, 2.75) is 31.5 Å². The summed E-state index contributed by atoms with van der Waals surface area (Å²) in [7, 11) is 4.62. The molecule has 210 valence electrons. The van der Waals surface area contributed by atoms with E-state index in [9.17, 15) is 22.8 Å². The Kier molecular flexibility index (Phi) is 8.65. The first-order valence-electron chi connectivity index (χ1n) is 12.4. The molecule has 9 nitrogen and oxygen atoms in total. The summed E-state index contributed by atoms with van der Waals surface area (Å²) in [6, 6.07) is 7.06. The van der Waals surface area contributed by atoms with Crippen LogP contribution in [0.25, 0.3) is 10.9 Å². The first-order valence-corrected chi connectivity index (χ1v) is 12.8. The number of hydrogen-bond donors (Lipinski definition) is 1. The third kappa shape index (κ3) is 6.99. The second-order valence-corrected chi connectivity index (χ2v) is 10.0. The fraction of sp³-hybridized carbons (Fsp3) is 0.462. The van der Waals surface area contributed by atoms with Gasteiger partial charge >= 0.3 is 6.18 Å². The maximum absolute atomic E-state index is 12.8. The topological polar surface area (TPSA) is 92.6 Å². The van der Waals surface area contributed by atoms with E-state index in [1.807, 2.05) is 23.1 Å². The van der Waals surface area contributed by atoms with Crippen LogP contribution >= 0.6 is 11.6 Å². The highest BCUT2D eigenvalue weighted by Crippen LogP contribution is 2.26. The van der Waals surface area contributed by atoms with Crippen LogP contribution in [0.3, 0.4) is 0 Å². The van der Waals surface area contributed by atoms with Gasteiger partial charge in [0.05, 0.1) is 29.0 Å². The number of nitrogens with one attached hydrogen (secondary N) is 1. The Hall–Kier alpha value is -3.38. The number of pyridine rings is 1. The number of hydrogen-bond acceptors (Lipinski definition) is 7. The molecule has 1 saturated heterocycles. The lowest BCUT2D eigenvalue weighted by atomic mass is 10.0. The molecular formula is C26H30ClF3N6O3. The summed E-state index contributed by atoms with van der Waals surface area (Å²) < 4.78 is 45.2. The predicted octanol–water partition coefficient (Wildman–Crippen LogP) is 3.16. The Balaban J connectivity index is 1.50. The number of nitrogens with zero attached hydrogens (tertiary/aromatic N) is 5. The smallest absolute Gasteiger partial charge is 0.401 e. The number of aromatic nitrogens is 3. The largest absolute Gasteiger partial charge is 0.478 e. The molecule has 1 aliphatic rings. The summed E-state index contributed by atoms with van der Waals surface area (Å²) >= 11 is 6.43. The maximum atomic E-state index is 12.8. The second kappa shape index (κ2) is 11.8.